The molecular formula is C8H15N3O2. The van der Waals surface area contributed by atoms with E-state index in [9.17, 15) is 9.59 Å². The van der Waals surface area contributed by atoms with Gasteiger partial charge < -0.3 is 5.32 Å². The van der Waals surface area contributed by atoms with E-state index in [1.54, 1.807) is 5.43 Å². The maximum atomic E-state index is 10.8. The van der Waals surface area contributed by atoms with Crippen molar-refractivity contribution in [2.24, 2.45) is 11.8 Å². The van der Waals surface area contributed by atoms with E-state index < -0.39 is 11.8 Å². The Hall–Kier alpha value is -1.10. The zero-order valence-electron chi connectivity index (χ0n) is 7.51. The Kier molecular flexibility index (Phi) is 3.70. The summed E-state index contributed by atoms with van der Waals surface area (Å²) in [5, 5.41) is 2.49. The number of hydrogen-bond donors (Lipinski definition) is 3. The quantitative estimate of drug-likeness (QED) is 0.178. The molecule has 13 heavy (non-hydrogen) atoms. The van der Waals surface area contributed by atoms with Gasteiger partial charge in [-0.1, -0.05) is 12.8 Å². The van der Waals surface area contributed by atoms with Gasteiger partial charge >= 0.3 is 11.8 Å². The van der Waals surface area contributed by atoms with Gasteiger partial charge in [0.25, 0.3) is 0 Å². The third-order valence-electron chi connectivity index (χ3n) is 2.11. The number of hydrazine groups is 1. The lowest BCUT2D eigenvalue weighted by molar-refractivity contribution is -0.139. The normalized spacial score (nSPS) is 15.2. The number of amides is 2. The van der Waals surface area contributed by atoms with Crippen molar-refractivity contribution in [3.63, 3.8) is 0 Å². The Bertz CT molecular complexity index is 202. The summed E-state index contributed by atoms with van der Waals surface area (Å²) in [4.78, 5) is 21.4. The Morgan fingerprint density at radius 3 is 2.54 bits per heavy atom. The Morgan fingerprint density at radius 2 is 2.00 bits per heavy atom. The molecular weight excluding hydrogens is 170 g/mol. The van der Waals surface area contributed by atoms with E-state index in [2.05, 4.69) is 5.32 Å². The second-order valence-electron chi connectivity index (χ2n) is 3.31. The average Bonchev–Trinajstić information content (AvgIpc) is 2.94. The first-order valence-electron chi connectivity index (χ1n) is 4.53. The predicted molar refractivity (Wildman–Crippen MR) is 47.3 cm³/mol. The fraction of sp³-hybridized carbons (Fsp3) is 0.750. The lowest BCUT2D eigenvalue weighted by atomic mass is 10.2. The van der Waals surface area contributed by atoms with Crippen LogP contribution in [-0.4, -0.2) is 18.4 Å². The van der Waals surface area contributed by atoms with Crippen molar-refractivity contribution in [2.75, 3.05) is 6.54 Å². The molecule has 0 unspecified atom stereocenters. The molecule has 1 aliphatic rings. The molecule has 1 fully saturated rings. The smallest absolute Gasteiger partial charge is 0.323 e. The number of nitrogens with two attached hydrogens (primary N) is 1. The zero-order chi connectivity index (χ0) is 9.68. The van der Waals surface area contributed by atoms with Crippen LogP contribution in [0.4, 0.5) is 0 Å². The molecule has 1 saturated carbocycles. The molecule has 5 nitrogen and oxygen atoms in total. The minimum atomic E-state index is -0.786. The van der Waals surface area contributed by atoms with Gasteiger partial charge in [0, 0.05) is 6.54 Å². The summed E-state index contributed by atoms with van der Waals surface area (Å²) in [7, 11) is 0. The van der Waals surface area contributed by atoms with Crippen LogP contribution in [0, 0.1) is 5.92 Å². The van der Waals surface area contributed by atoms with Crippen molar-refractivity contribution in [1.82, 2.24) is 10.7 Å². The summed E-state index contributed by atoms with van der Waals surface area (Å²) in [6, 6.07) is 0. The Morgan fingerprint density at radius 1 is 1.31 bits per heavy atom. The van der Waals surface area contributed by atoms with Crippen molar-refractivity contribution >= 4 is 11.8 Å². The van der Waals surface area contributed by atoms with Gasteiger partial charge in [0.1, 0.15) is 0 Å². The zero-order valence-corrected chi connectivity index (χ0v) is 7.51. The van der Waals surface area contributed by atoms with Crippen LogP contribution in [0.15, 0.2) is 0 Å². The minimum Gasteiger partial charge on any atom is -0.348 e. The molecule has 0 heterocycles. The summed E-state index contributed by atoms with van der Waals surface area (Å²) in [6.45, 7) is 0.558. The maximum Gasteiger partial charge on any atom is 0.323 e. The van der Waals surface area contributed by atoms with Crippen molar-refractivity contribution < 1.29 is 9.59 Å². The molecule has 5 heteroatoms. The van der Waals surface area contributed by atoms with Crippen LogP contribution in [0.25, 0.3) is 0 Å². The summed E-state index contributed by atoms with van der Waals surface area (Å²) in [5.41, 5.74) is 1.78. The molecule has 0 bridgehead atoms. The molecule has 1 rings (SSSR count). The Labute approximate surface area is 77.0 Å². The van der Waals surface area contributed by atoms with E-state index in [0.29, 0.717) is 6.54 Å². The van der Waals surface area contributed by atoms with Gasteiger partial charge in [0.05, 0.1) is 0 Å². The van der Waals surface area contributed by atoms with E-state index >= 15 is 0 Å². The Balaban J connectivity index is 1.97. The summed E-state index contributed by atoms with van der Waals surface area (Å²) in [5.74, 6) is 4.20. The molecule has 0 aromatic heterocycles. The van der Waals surface area contributed by atoms with E-state index in [4.69, 9.17) is 5.84 Å². The third-order valence-corrected chi connectivity index (χ3v) is 2.11. The molecule has 0 atom stereocenters. The first kappa shape index (κ1) is 9.98. The summed E-state index contributed by atoms with van der Waals surface area (Å²) >= 11 is 0. The van der Waals surface area contributed by atoms with Gasteiger partial charge in [-0.2, -0.15) is 0 Å². The van der Waals surface area contributed by atoms with Crippen LogP contribution in [0.5, 0.6) is 0 Å². The van der Waals surface area contributed by atoms with E-state index in [0.717, 1.165) is 18.8 Å². The van der Waals surface area contributed by atoms with Gasteiger partial charge in [-0.05, 0) is 18.8 Å². The standard InChI is InChI=1S/C8H15N3O2/c9-11-8(13)7(12)10-5-1-2-6-3-4-6/h6H,1-5,9H2,(H,10,12)(H,11,13). The first-order valence-corrected chi connectivity index (χ1v) is 4.53. The molecule has 0 saturated heterocycles. The molecule has 74 valence electrons. The van der Waals surface area contributed by atoms with Crippen LogP contribution in [0.3, 0.4) is 0 Å². The van der Waals surface area contributed by atoms with Crippen LogP contribution in [0.1, 0.15) is 25.7 Å². The number of hydrogen-bond acceptors (Lipinski definition) is 3. The van der Waals surface area contributed by atoms with Crippen molar-refractivity contribution in [3.05, 3.63) is 0 Å². The van der Waals surface area contributed by atoms with Crippen molar-refractivity contribution in [2.45, 2.75) is 25.7 Å². The van der Waals surface area contributed by atoms with Crippen molar-refractivity contribution in [3.8, 4) is 0 Å². The molecule has 0 spiro atoms. The van der Waals surface area contributed by atoms with E-state index in [-0.39, 0.29) is 0 Å². The minimum absolute atomic E-state index is 0.558. The second-order valence-corrected chi connectivity index (χ2v) is 3.31. The molecule has 0 radical (unpaired) electrons. The van der Waals surface area contributed by atoms with Gasteiger partial charge in [0.15, 0.2) is 0 Å². The molecule has 4 N–H and O–H groups in total. The van der Waals surface area contributed by atoms with E-state index in [1.165, 1.54) is 12.8 Å². The lowest BCUT2D eigenvalue weighted by Crippen LogP contribution is -2.43. The fourth-order valence-corrected chi connectivity index (χ4v) is 1.15. The molecule has 0 aliphatic heterocycles. The lowest BCUT2D eigenvalue weighted by Gasteiger charge is -2.02. The van der Waals surface area contributed by atoms with Gasteiger partial charge in [-0.15, -0.1) is 0 Å². The highest BCUT2D eigenvalue weighted by Gasteiger charge is 2.20. The summed E-state index contributed by atoms with van der Waals surface area (Å²) in [6.07, 6.45) is 4.72. The third kappa shape index (κ3) is 3.89. The largest absolute Gasteiger partial charge is 0.348 e. The highest BCUT2D eigenvalue weighted by atomic mass is 16.2. The molecule has 0 aromatic carbocycles. The van der Waals surface area contributed by atoms with Crippen LogP contribution in [0.2, 0.25) is 0 Å². The number of rotatable bonds is 4. The first-order chi connectivity index (χ1) is 6.24. The van der Waals surface area contributed by atoms with Gasteiger partial charge in [-0.25, -0.2) is 5.84 Å². The van der Waals surface area contributed by atoms with Crippen LogP contribution in [-0.2, 0) is 9.59 Å². The SMILES string of the molecule is NNC(=O)C(=O)NCCCC1CC1. The van der Waals surface area contributed by atoms with Gasteiger partial charge in [0.2, 0.25) is 0 Å². The number of nitrogens with one attached hydrogen (secondary N) is 2. The number of carbonyl (C=O) groups is 2. The monoisotopic (exact) mass is 185 g/mol. The highest BCUT2D eigenvalue weighted by molar-refractivity contribution is 6.34. The topological polar surface area (TPSA) is 84.2 Å². The maximum absolute atomic E-state index is 10.8. The highest BCUT2D eigenvalue weighted by Crippen LogP contribution is 2.33. The molecule has 2 amide bonds. The predicted octanol–water partition coefficient (Wildman–Crippen LogP) is -0.717. The van der Waals surface area contributed by atoms with Gasteiger partial charge in [-0.3, -0.25) is 15.0 Å². The van der Waals surface area contributed by atoms with E-state index in [1.807, 2.05) is 0 Å². The fourth-order valence-electron chi connectivity index (χ4n) is 1.15. The van der Waals surface area contributed by atoms with Crippen LogP contribution < -0.4 is 16.6 Å². The molecule has 1 aliphatic carbocycles. The summed E-state index contributed by atoms with van der Waals surface area (Å²) < 4.78 is 0. The van der Waals surface area contributed by atoms with Crippen molar-refractivity contribution in [1.29, 1.82) is 0 Å². The second kappa shape index (κ2) is 4.81. The van der Waals surface area contributed by atoms with Crippen LogP contribution >= 0.6 is 0 Å². The molecule has 0 aromatic rings. The number of carbonyl (C=O) groups excluding carboxylic acids is 2. The average molecular weight is 185 g/mol.